The highest BCUT2D eigenvalue weighted by molar-refractivity contribution is 7.12. The van der Waals surface area contributed by atoms with Crippen molar-refractivity contribution >= 4 is 28.5 Å². The van der Waals surface area contributed by atoms with E-state index in [-0.39, 0.29) is 5.78 Å². The zero-order chi connectivity index (χ0) is 19.9. The Morgan fingerprint density at radius 1 is 0.724 bits per heavy atom. The van der Waals surface area contributed by atoms with Gasteiger partial charge in [-0.05, 0) is 22.9 Å². The van der Waals surface area contributed by atoms with Gasteiger partial charge in [0.1, 0.15) is 0 Å². The van der Waals surface area contributed by atoms with E-state index < -0.39 is 5.79 Å². The topological polar surface area (TPSA) is 35.5 Å². The van der Waals surface area contributed by atoms with Crippen LogP contribution in [0.25, 0.3) is 0 Å². The highest BCUT2D eigenvalue weighted by Gasteiger charge is 2.41. The molecule has 1 saturated heterocycles. The first kappa shape index (κ1) is 19.7. The normalized spacial score (nSPS) is 14.8. The van der Waals surface area contributed by atoms with Crippen LogP contribution in [0.3, 0.4) is 0 Å². The lowest BCUT2D eigenvalue weighted by Crippen LogP contribution is -2.27. The minimum atomic E-state index is -0.671. The highest BCUT2D eigenvalue weighted by atomic mass is 32.1. The molecule has 0 amide bonds. The summed E-state index contributed by atoms with van der Waals surface area (Å²) in [5.41, 5.74) is 1.82. The molecular weight excluding hydrogens is 400 g/mol. The summed E-state index contributed by atoms with van der Waals surface area (Å²) in [4.78, 5) is 13.6. The molecule has 0 radical (unpaired) electrons. The number of thiophene rings is 2. The van der Waals surface area contributed by atoms with Crippen LogP contribution in [0.2, 0.25) is 0 Å². The fourth-order valence-corrected chi connectivity index (χ4v) is 4.66. The second-order valence-corrected chi connectivity index (χ2v) is 8.22. The average molecular weight is 421 g/mol. The van der Waals surface area contributed by atoms with E-state index in [4.69, 9.17) is 9.47 Å². The molecule has 3 nitrogen and oxygen atoms in total. The molecule has 0 bridgehead atoms. The largest absolute Gasteiger partial charge is 0.339 e. The Morgan fingerprint density at radius 3 is 1.93 bits per heavy atom. The fraction of sp³-hybridized carbons (Fsp3) is 0.125. The Balaban J connectivity index is 0.000000145. The van der Waals surface area contributed by atoms with Crippen LogP contribution in [0.1, 0.15) is 25.7 Å². The summed E-state index contributed by atoms with van der Waals surface area (Å²) in [6.45, 7) is 1.29. The molecule has 1 aliphatic heterocycles. The number of carbonyl (C=O) groups is 1. The van der Waals surface area contributed by atoms with Gasteiger partial charge in [-0.15, -0.1) is 22.7 Å². The maximum atomic E-state index is 11.7. The molecule has 3 heterocycles. The van der Waals surface area contributed by atoms with Gasteiger partial charge in [-0.2, -0.15) is 0 Å². The van der Waals surface area contributed by atoms with Gasteiger partial charge < -0.3 is 9.47 Å². The van der Waals surface area contributed by atoms with E-state index in [2.05, 4.69) is 6.07 Å². The third kappa shape index (κ3) is 4.38. The van der Waals surface area contributed by atoms with Gasteiger partial charge in [0, 0.05) is 11.1 Å². The Kier molecular flexibility index (Phi) is 6.32. The Hall–Kier alpha value is -2.57. The molecule has 0 atom stereocenters. The number of benzene rings is 2. The molecule has 5 rings (SSSR count). The van der Waals surface area contributed by atoms with Gasteiger partial charge in [-0.25, -0.2) is 0 Å². The highest BCUT2D eigenvalue weighted by Crippen LogP contribution is 2.40. The maximum Gasteiger partial charge on any atom is 0.232 e. The van der Waals surface area contributed by atoms with Gasteiger partial charge in [0.15, 0.2) is 0 Å². The quantitative estimate of drug-likeness (QED) is 0.381. The zero-order valence-electron chi connectivity index (χ0n) is 15.7. The van der Waals surface area contributed by atoms with Crippen LogP contribution in [0.5, 0.6) is 0 Å². The minimum Gasteiger partial charge on any atom is -0.339 e. The maximum absolute atomic E-state index is 11.7. The molecule has 29 heavy (non-hydrogen) atoms. The molecule has 1 fully saturated rings. The first-order valence-corrected chi connectivity index (χ1v) is 11.1. The summed E-state index contributed by atoms with van der Waals surface area (Å²) in [6, 6.07) is 27.3. The molecule has 0 unspecified atom stereocenters. The molecule has 1 aliphatic rings. The van der Waals surface area contributed by atoms with E-state index in [9.17, 15) is 4.79 Å². The number of rotatable bonds is 4. The van der Waals surface area contributed by atoms with Gasteiger partial charge in [0.25, 0.3) is 0 Å². The smallest absolute Gasteiger partial charge is 0.232 e. The molecule has 0 N–H and O–H groups in total. The lowest BCUT2D eigenvalue weighted by Gasteiger charge is -2.26. The number of hydrogen-bond donors (Lipinski definition) is 0. The van der Waals surface area contributed by atoms with E-state index in [0.29, 0.717) is 13.2 Å². The molecule has 0 spiro atoms. The van der Waals surface area contributed by atoms with Crippen molar-refractivity contribution in [1.82, 2.24) is 0 Å². The van der Waals surface area contributed by atoms with Crippen molar-refractivity contribution in [3.05, 3.63) is 117 Å². The van der Waals surface area contributed by atoms with E-state index in [1.165, 1.54) is 11.3 Å². The molecule has 2 aromatic heterocycles. The van der Waals surface area contributed by atoms with Crippen molar-refractivity contribution in [3.63, 3.8) is 0 Å². The average Bonchev–Trinajstić information content (AvgIpc) is 3.57. The predicted molar refractivity (Wildman–Crippen MR) is 118 cm³/mol. The van der Waals surface area contributed by atoms with E-state index in [1.54, 1.807) is 11.3 Å². The first-order valence-electron chi connectivity index (χ1n) is 9.30. The predicted octanol–water partition coefficient (Wildman–Crippen LogP) is 5.98. The minimum absolute atomic E-state index is 0.107. The summed E-state index contributed by atoms with van der Waals surface area (Å²) in [7, 11) is 0. The molecule has 4 aromatic rings. The van der Waals surface area contributed by atoms with E-state index in [0.717, 1.165) is 20.9 Å². The molecule has 5 heteroatoms. The summed E-state index contributed by atoms with van der Waals surface area (Å²) >= 11 is 3.14. The molecule has 0 saturated carbocycles. The fourth-order valence-electron chi connectivity index (χ4n) is 3.13. The summed E-state index contributed by atoms with van der Waals surface area (Å²) < 4.78 is 11.7. The molecule has 0 aliphatic carbocycles. The van der Waals surface area contributed by atoms with Crippen LogP contribution in [0, 0.1) is 0 Å². The lowest BCUT2D eigenvalue weighted by atomic mass is 10.0. The van der Waals surface area contributed by atoms with Crippen molar-refractivity contribution in [2.45, 2.75) is 5.79 Å². The summed E-state index contributed by atoms with van der Waals surface area (Å²) in [5.74, 6) is -0.564. The van der Waals surface area contributed by atoms with Gasteiger partial charge in [0.2, 0.25) is 11.6 Å². The van der Waals surface area contributed by atoms with Crippen molar-refractivity contribution in [2.24, 2.45) is 0 Å². The number of carbonyl (C=O) groups excluding carboxylic acids is 1. The Labute approximate surface area is 178 Å². The van der Waals surface area contributed by atoms with E-state index >= 15 is 0 Å². The standard InChI is InChI=1S/C13H12O2S.C11H8OS/c1-2-5-11(6-3-1)13(14-8-9-15-13)12-7-4-10-16-12;12-11(10-7-4-8-13-10)9-5-2-1-3-6-9/h1-7,10H,8-9H2;1-8H. The van der Waals surface area contributed by atoms with E-state index in [1.807, 2.05) is 89.6 Å². The Morgan fingerprint density at radius 2 is 1.34 bits per heavy atom. The molecule has 2 aromatic carbocycles. The zero-order valence-corrected chi connectivity index (χ0v) is 17.3. The van der Waals surface area contributed by atoms with Crippen LogP contribution in [0.15, 0.2) is 95.7 Å². The molecule has 146 valence electrons. The third-order valence-electron chi connectivity index (χ3n) is 4.47. The second kappa shape index (κ2) is 9.29. The van der Waals surface area contributed by atoms with Gasteiger partial charge in [-0.1, -0.05) is 72.8 Å². The Bertz CT molecular complexity index is 1000. The summed E-state index contributed by atoms with van der Waals surface area (Å²) in [6.07, 6.45) is 0. The molecular formula is C24H20O3S2. The van der Waals surface area contributed by atoms with Gasteiger partial charge in [0.05, 0.1) is 23.0 Å². The van der Waals surface area contributed by atoms with Crippen LogP contribution in [-0.2, 0) is 15.3 Å². The second-order valence-electron chi connectivity index (χ2n) is 6.33. The first-order chi connectivity index (χ1) is 14.3. The number of ether oxygens (including phenoxy) is 2. The lowest BCUT2D eigenvalue weighted by molar-refractivity contribution is -0.127. The van der Waals surface area contributed by atoms with Crippen molar-refractivity contribution < 1.29 is 14.3 Å². The number of hydrogen-bond acceptors (Lipinski definition) is 5. The SMILES string of the molecule is O=C(c1ccccc1)c1cccs1.c1ccc(C2(c3cccs3)OCCO2)cc1. The van der Waals surface area contributed by atoms with Crippen molar-refractivity contribution in [2.75, 3.05) is 13.2 Å². The van der Waals surface area contributed by atoms with Crippen LogP contribution in [-0.4, -0.2) is 19.0 Å². The van der Waals surface area contributed by atoms with Gasteiger partial charge in [-0.3, -0.25) is 4.79 Å². The van der Waals surface area contributed by atoms with Crippen LogP contribution >= 0.6 is 22.7 Å². The number of ketones is 1. The van der Waals surface area contributed by atoms with Crippen LogP contribution < -0.4 is 0 Å². The van der Waals surface area contributed by atoms with Crippen LogP contribution in [0.4, 0.5) is 0 Å². The summed E-state index contributed by atoms with van der Waals surface area (Å²) in [5, 5.41) is 3.96. The van der Waals surface area contributed by atoms with Crippen molar-refractivity contribution in [1.29, 1.82) is 0 Å². The third-order valence-corrected chi connectivity index (χ3v) is 6.29. The van der Waals surface area contributed by atoms with Crippen molar-refractivity contribution in [3.8, 4) is 0 Å². The monoisotopic (exact) mass is 420 g/mol. The van der Waals surface area contributed by atoms with Gasteiger partial charge >= 0.3 is 0 Å².